The summed E-state index contributed by atoms with van der Waals surface area (Å²) in [6, 6.07) is 10.4. The van der Waals surface area contributed by atoms with Crippen LogP contribution in [0.3, 0.4) is 0 Å². The van der Waals surface area contributed by atoms with Crippen molar-refractivity contribution < 1.29 is 0 Å². The molecule has 20 heavy (non-hydrogen) atoms. The minimum absolute atomic E-state index is 0.672. The first-order chi connectivity index (χ1) is 9.78. The molecule has 0 spiro atoms. The molecular weight excluding hydrogens is 244 g/mol. The molecule has 2 atom stereocenters. The molecule has 110 valence electrons. The Morgan fingerprint density at radius 2 is 1.95 bits per heavy atom. The van der Waals surface area contributed by atoms with E-state index in [9.17, 15) is 0 Å². The highest BCUT2D eigenvalue weighted by Crippen LogP contribution is 2.26. The van der Waals surface area contributed by atoms with E-state index >= 15 is 0 Å². The third-order valence-corrected chi connectivity index (χ3v) is 5.34. The topological polar surface area (TPSA) is 15.3 Å². The molecule has 0 amide bonds. The third-order valence-electron chi connectivity index (χ3n) is 5.34. The Balaban J connectivity index is 1.68. The van der Waals surface area contributed by atoms with Gasteiger partial charge in [-0.2, -0.15) is 0 Å². The van der Waals surface area contributed by atoms with Gasteiger partial charge in [0.05, 0.1) is 0 Å². The van der Waals surface area contributed by atoms with E-state index in [1.807, 2.05) is 0 Å². The summed E-state index contributed by atoms with van der Waals surface area (Å²) in [7, 11) is 0. The summed E-state index contributed by atoms with van der Waals surface area (Å²) >= 11 is 0. The molecule has 0 aromatic heterocycles. The summed E-state index contributed by atoms with van der Waals surface area (Å²) in [5, 5.41) is 3.77. The van der Waals surface area contributed by atoms with Crippen LogP contribution in [0.5, 0.6) is 0 Å². The number of benzene rings is 1. The summed E-state index contributed by atoms with van der Waals surface area (Å²) in [6.07, 6.45) is 5.07. The van der Waals surface area contributed by atoms with E-state index in [1.165, 1.54) is 45.3 Å². The van der Waals surface area contributed by atoms with Gasteiger partial charge in [-0.05, 0) is 49.4 Å². The molecule has 0 radical (unpaired) electrons. The Bertz CT molecular complexity index is 418. The quantitative estimate of drug-likeness (QED) is 0.910. The second kappa shape index (κ2) is 6.28. The average Bonchev–Trinajstić information content (AvgIpc) is 2.76. The maximum Gasteiger partial charge on any atom is 0.0220 e. The Morgan fingerprint density at radius 3 is 2.60 bits per heavy atom. The minimum Gasteiger partial charge on any atom is -0.312 e. The average molecular weight is 272 g/mol. The number of nitrogens with one attached hydrogen (secondary N) is 1. The van der Waals surface area contributed by atoms with Crippen molar-refractivity contribution in [3.05, 3.63) is 35.4 Å². The lowest BCUT2D eigenvalue weighted by Gasteiger charge is -2.32. The van der Waals surface area contributed by atoms with Crippen molar-refractivity contribution >= 4 is 0 Å². The number of rotatable bonds is 3. The van der Waals surface area contributed by atoms with Gasteiger partial charge in [0.1, 0.15) is 0 Å². The van der Waals surface area contributed by atoms with E-state index in [4.69, 9.17) is 0 Å². The van der Waals surface area contributed by atoms with E-state index in [0.29, 0.717) is 6.04 Å². The summed E-state index contributed by atoms with van der Waals surface area (Å²) in [5.41, 5.74) is 3.16. The molecule has 1 aromatic rings. The van der Waals surface area contributed by atoms with Gasteiger partial charge in [-0.15, -0.1) is 0 Å². The molecule has 2 unspecified atom stereocenters. The highest BCUT2D eigenvalue weighted by atomic mass is 15.2. The van der Waals surface area contributed by atoms with Crippen LogP contribution in [-0.2, 0) is 12.8 Å². The smallest absolute Gasteiger partial charge is 0.0220 e. The fourth-order valence-corrected chi connectivity index (χ4v) is 3.77. The van der Waals surface area contributed by atoms with Crippen molar-refractivity contribution in [2.24, 2.45) is 5.92 Å². The number of fused-ring (bicyclic) bond motifs is 1. The standard InChI is InChI=1S/C18H28N2/c1-3-14(2)18-13-20(10-6-9-19-18)17-11-15-7-4-5-8-16(15)12-17/h4-5,7-8,14,17-19H,3,6,9-13H2,1-2H3. The van der Waals surface area contributed by atoms with Crippen molar-refractivity contribution in [1.29, 1.82) is 0 Å². The van der Waals surface area contributed by atoms with E-state index in [-0.39, 0.29) is 0 Å². The first kappa shape index (κ1) is 14.1. The van der Waals surface area contributed by atoms with Crippen LogP contribution >= 0.6 is 0 Å². The predicted molar refractivity (Wildman–Crippen MR) is 85.1 cm³/mol. The highest BCUT2D eigenvalue weighted by molar-refractivity contribution is 5.33. The van der Waals surface area contributed by atoms with Crippen LogP contribution in [0.1, 0.15) is 37.8 Å². The molecule has 0 saturated carbocycles. The summed E-state index contributed by atoms with van der Waals surface area (Å²) in [6.45, 7) is 8.38. The molecule has 0 bridgehead atoms. The zero-order chi connectivity index (χ0) is 13.9. The normalized spacial score (nSPS) is 26.2. The predicted octanol–water partition coefficient (Wildman–Crippen LogP) is 2.86. The molecule has 2 aliphatic rings. The van der Waals surface area contributed by atoms with Gasteiger partial charge >= 0.3 is 0 Å². The van der Waals surface area contributed by atoms with Gasteiger partial charge in [0.15, 0.2) is 0 Å². The number of hydrogen-bond acceptors (Lipinski definition) is 2. The molecule has 1 aliphatic heterocycles. The first-order valence-electron chi connectivity index (χ1n) is 8.32. The molecule has 3 rings (SSSR count). The van der Waals surface area contributed by atoms with Gasteiger partial charge in [-0.3, -0.25) is 4.90 Å². The Morgan fingerprint density at radius 1 is 1.25 bits per heavy atom. The lowest BCUT2D eigenvalue weighted by Crippen LogP contribution is -2.45. The largest absolute Gasteiger partial charge is 0.312 e. The maximum atomic E-state index is 3.77. The van der Waals surface area contributed by atoms with Crippen LogP contribution in [-0.4, -0.2) is 36.6 Å². The highest BCUT2D eigenvalue weighted by Gasteiger charge is 2.30. The fraction of sp³-hybridized carbons (Fsp3) is 0.667. The second-order valence-corrected chi connectivity index (χ2v) is 6.63. The zero-order valence-corrected chi connectivity index (χ0v) is 12.9. The monoisotopic (exact) mass is 272 g/mol. The van der Waals surface area contributed by atoms with Gasteiger partial charge in [-0.1, -0.05) is 44.5 Å². The van der Waals surface area contributed by atoms with E-state index in [1.54, 1.807) is 11.1 Å². The molecule has 2 heteroatoms. The van der Waals surface area contributed by atoms with Crippen LogP contribution in [0.15, 0.2) is 24.3 Å². The molecule has 1 heterocycles. The van der Waals surface area contributed by atoms with Crippen LogP contribution in [0, 0.1) is 5.92 Å². The molecule has 2 nitrogen and oxygen atoms in total. The van der Waals surface area contributed by atoms with Crippen LogP contribution in [0.25, 0.3) is 0 Å². The summed E-state index contributed by atoms with van der Waals surface area (Å²) in [4.78, 5) is 2.76. The van der Waals surface area contributed by atoms with Crippen molar-refractivity contribution in [1.82, 2.24) is 10.2 Å². The van der Waals surface area contributed by atoms with Crippen molar-refractivity contribution in [2.45, 2.75) is 51.6 Å². The second-order valence-electron chi connectivity index (χ2n) is 6.63. The van der Waals surface area contributed by atoms with Crippen LogP contribution in [0.2, 0.25) is 0 Å². The summed E-state index contributed by atoms with van der Waals surface area (Å²) < 4.78 is 0. The zero-order valence-electron chi connectivity index (χ0n) is 12.9. The van der Waals surface area contributed by atoms with Crippen LogP contribution in [0.4, 0.5) is 0 Å². The van der Waals surface area contributed by atoms with Gasteiger partial charge in [-0.25, -0.2) is 0 Å². The van der Waals surface area contributed by atoms with Gasteiger partial charge in [0, 0.05) is 18.6 Å². The first-order valence-corrected chi connectivity index (χ1v) is 8.32. The molecule has 1 N–H and O–H groups in total. The van der Waals surface area contributed by atoms with Gasteiger partial charge in [0.25, 0.3) is 0 Å². The van der Waals surface area contributed by atoms with E-state index in [2.05, 4.69) is 48.3 Å². The summed E-state index contributed by atoms with van der Waals surface area (Å²) in [5.74, 6) is 0.777. The molecule has 1 fully saturated rings. The molecule has 1 saturated heterocycles. The maximum absolute atomic E-state index is 3.77. The lowest BCUT2D eigenvalue weighted by atomic mass is 9.98. The Kier molecular flexibility index (Phi) is 4.42. The Labute approximate surface area is 123 Å². The van der Waals surface area contributed by atoms with Crippen molar-refractivity contribution in [3.8, 4) is 0 Å². The third kappa shape index (κ3) is 2.91. The van der Waals surface area contributed by atoms with E-state index < -0.39 is 0 Å². The number of hydrogen-bond donors (Lipinski definition) is 1. The lowest BCUT2D eigenvalue weighted by molar-refractivity contribution is 0.181. The van der Waals surface area contributed by atoms with Gasteiger partial charge < -0.3 is 5.32 Å². The van der Waals surface area contributed by atoms with Crippen LogP contribution < -0.4 is 5.32 Å². The Hall–Kier alpha value is -0.860. The molecule has 1 aliphatic carbocycles. The van der Waals surface area contributed by atoms with Crippen molar-refractivity contribution in [3.63, 3.8) is 0 Å². The van der Waals surface area contributed by atoms with Crippen molar-refractivity contribution in [2.75, 3.05) is 19.6 Å². The molecule has 1 aromatic carbocycles. The SMILES string of the molecule is CCC(C)C1CN(C2Cc3ccccc3C2)CCCN1. The van der Waals surface area contributed by atoms with E-state index in [0.717, 1.165) is 12.0 Å². The fourth-order valence-electron chi connectivity index (χ4n) is 3.77. The molecular formula is C18H28N2. The number of nitrogens with zero attached hydrogens (tertiary/aromatic N) is 1. The van der Waals surface area contributed by atoms with Gasteiger partial charge in [0.2, 0.25) is 0 Å². The minimum atomic E-state index is 0.672.